The average molecular weight is 552 g/mol. The number of nitrogens with zero attached hydrogens (tertiary/aromatic N) is 1. The minimum Gasteiger partial charge on any atom is -0.493 e. The minimum atomic E-state index is -1.18. The molecule has 0 saturated heterocycles. The molecule has 1 aliphatic carbocycles. The fourth-order valence-electron chi connectivity index (χ4n) is 5.45. The van der Waals surface area contributed by atoms with Gasteiger partial charge in [-0.25, -0.2) is 13.6 Å². The van der Waals surface area contributed by atoms with Crippen LogP contribution in [-0.2, 0) is 33.9 Å². The minimum absolute atomic E-state index is 0.0216. The van der Waals surface area contributed by atoms with E-state index in [1.54, 1.807) is 12.1 Å². The van der Waals surface area contributed by atoms with Crippen LogP contribution in [0.1, 0.15) is 54.0 Å². The van der Waals surface area contributed by atoms with E-state index in [0.29, 0.717) is 22.4 Å². The van der Waals surface area contributed by atoms with Crippen molar-refractivity contribution in [2.75, 3.05) is 7.11 Å². The summed E-state index contributed by atoms with van der Waals surface area (Å²) in [4.78, 5) is 27.9. The third kappa shape index (κ3) is 5.79. The van der Waals surface area contributed by atoms with Crippen LogP contribution in [0.4, 0.5) is 8.78 Å². The number of fused-ring (bicyclic) bond motifs is 1. The number of carbonyl (C=O) groups excluding carboxylic acids is 1. The van der Waals surface area contributed by atoms with Crippen molar-refractivity contribution in [3.63, 3.8) is 0 Å². The quantitative estimate of drug-likeness (QED) is 0.373. The molecule has 1 fully saturated rings. The van der Waals surface area contributed by atoms with Crippen LogP contribution in [-0.4, -0.2) is 41.1 Å². The van der Waals surface area contributed by atoms with Crippen LogP contribution in [0.2, 0.25) is 0 Å². The molecule has 40 heavy (non-hydrogen) atoms. The monoisotopic (exact) mass is 551 g/mol. The van der Waals surface area contributed by atoms with Gasteiger partial charge in [-0.1, -0.05) is 49.2 Å². The Labute approximate surface area is 231 Å². The largest absolute Gasteiger partial charge is 0.493 e. The number of hydrogen-bond acceptors (Lipinski definition) is 5. The molecule has 1 aliphatic heterocycles. The summed E-state index contributed by atoms with van der Waals surface area (Å²) in [6.45, 7) is -0.196. The molecule has 210 valence electrons. The van der Waals surface area contributed by atoms with Gasteiger partial charge in [-0.2, -0.15) is 0 Å². The third-order valence-corrected chi connectivity index (χ3v) is 7.57. The predicted molar refractivity (Wildman–Crippen MR) is 142 cm³/mol. The first kappa shape index (κ1) is 27.6. The number of hydrogen-bond donors (Lipinski definition) is 1. The SMILES string of the molecule is COc1ccc2c(c1OCc1ccc(F)cc1F)C[C@H](C(=O)O)N(C(=O)[C@H](OC1CCCC1)c1ccccc1)C2. The van der Waals surface area contributed by atoms with E-state index in [1.165, 1.54) is 18.1 Å². The van der Waals surface area contributed by atoms with Gasteiger partial charge in [0.1, 0.15) is 24.3 Å². The molecule has 1 amide bonds. The van der Waals surface area contributed by atoms with Crippen LogP contribution in [0.3, 0.4) is 0 Å². The van der Waals surface area contributed by atoms with Crippen LogP contribution in [0.25, 0.3) is 0 Å². The highest BCUT2D eigenvalue weighted by Crippen LogP contribution is 2.40. The number of amides is 1. The van der Waals surface area contributed by atoms with Crippen LogP contribution >= 0.6 is 0 Å². The number of benzene rings is 3. The Kier molecular flexibility index (Phi) is 8.30. The molecule has 1 N–H and O–H groups in total. The van der Waals surface area contributed by atoms with Crippen LogP contribution in [0.15, 0.2) is 60.7 Å². The fourth-order valence-corrected chi connectivity index (χ4v) is 5.45. The second-order valence-electron chi connectivity index (χ2n) is 10.1. The van der Waals surface area contributed by atoms with Gasteiger partial charge in [0.25, 0.3) is 5.91 Å². The van der Waals surface area contributed by atoms with Crippen molar-refractivity contribution in [3.05, 3.63) is 94.6 Å². The molecular formula is C31H31F2NO6. The van der Waals surface area contributed by atoms with Gasteiger partial charge in [0.2, 0.25) is 0 Å². The highest BCUT2D eigenvalue weighted by Gasteiger charge is 2.41. The Hall–Kier alpha value is -3.98. The van der Waals surface area contributed by atoms with Gasteiger partial charge < -0.3 is 24.2 Å². The van der Waals surface area contributed by atoms with E-state index in [9.17, 15) is 23.5 Å². The number of aliphatic carboxylic acids is 1. The second-order valence-corrected chi connectivity index (χ2v) is 10.1. The highest BCUT2D eigenvalue weighted by atomic mass is 19.1. The molecule has 0 bridgehead atoms. The van der Waals surface area contributed by atoms with Gasteiger partial charge in [-0.3, -0.25) is 4.79 Å². The number of methoxy groups -OCH3 is 1. The summed E-state index contributed by atoms with van der Waals surface area (Å²) in [6.07, 6.45) is 2.74. The molecule has 0 radical (unpaired) electrons. The maximum absolute atomic E-state index is 14.3. The second kappa shape index (κ2) is 12.0. The maximum Gasteiger partial charge on any atom is 0.326 e. The van der Waals surface area contributed by atoms with Gasteiger partial charge in [0.15, 0.2) is 17.6 Å². The Bertz CT molecular complexity index is 1380. The molecule has 1 saturated carbocycles. The van der Waals surface area contributed by atoms with Gasteiger partial charge >= 0.3 is 5.97 Å². The summed E-state index contributed by atoms with van der Waals surface area (Å²) in [5, 5.41) is 10.2. The predicted octanol–water partition coefficient (Wildman–Crippen LogP) is 5.59. The average Bonchev–Trinajstić information content (AvgIpc) is 3.48. The summed E-state index contributed by atoms with van der Waals surface area (Å²) in [6, 6.07) is 14.6. The van der Waals surface area contributed by atoms with Crippen molar-refractivity contribution in [1.82, 2.24) is 4.90 Å². The van der Waals surface area contributed by atoms with Crippen molar-refractivity contribution >= 4 is 11.9 Å². The van der Waals surface area contributed by atoms with Crippen LogP contribution < -0.4 is 9.47 Å². The standard InChI is InChI=1S/C31H31F2NO6/c1-38-27-14-12-20-17-34(30(35)28(19-7-3-2-4-8-19)40-23-9-5-6-10-23)26(31(36)37)16-24(20)29(27)39-18-21-11-13-22(32)15-25(21)33/h2-4,7-8,11-15,23,26,28H,5-6,9-10,16-18H2,1H3,(H,36,37)/t26-,28-/m1/s1. The number of ether oxygens (including phenoxy) is 3. The maximum atomic E-state index is 14.3. The first-order chi connectivity index (χ1) is 19.4. The number of carboxylic acid groups (broad SMARTS) is 1. The molecular weight excluding hydrogens is 520 g/mol. The van der Waals surface area contributed by atoms with E-state index >= 15 is 0 Å². The molecule has 0 aromatic heterocycles. The molecule has 3 aromatic carbocycles. The van der Waals surface area contributed by atoms with Gasteiger partial charge in [-0.15, -0.1) is 0 Å². The Balaban J connectivity index is 1.46. The molecule has 5 rings (SSSR count). The number of carboxylic acids is 1. The zero-order valence-electron chi connectivity index (χ0n) is 22.1. The Morgan fingerprint density at radius 1 is 1.05 bits per heavy atom. The third-order valence-electron chi connectivity index (χ3n) is 7.57. The zero-order chi connectivity index (χ0) is 28.2. The summed E-state index contributed by atoms with van der Waals surface area (Å²) < 4.78 is 45.3. The van der Waals surface area contributed by atoms with E-state index in [0.717, 1.165) is 37.8 Å². The van der Waals surface area contributed by atoms with Gasteiger partial charge in [-0.05, 0) is 42.2 Å². The molecule has 0 unspecified atom stereocenters. The molecule has 2 aliphatic rings. The van der Waals surface area contributed by atoms with E-state index in [1.807, 2.05) is 30.3 Å². The van der Waals surface area contributed by atoms with Gasteiger partial charge in [0, 0.05) is 30.2 Å². The lowest BCUT2D eigenvalue weighted by molar-refractivity contribution is -0.160. The van der Waals surface area contributed by atoms with Gasteiger partial charge in [0.05, 0.1) is 13.2 Å². The van der Waals surface area contributed by atoms with Crippen molar-refractivity contribution in [3.8, 4) is 11.5 Å². The molecule has 1 heterocycles. The molecule has 2 atom stereocenters. The summed E-state index contributed by atoms with van der Waals surface area (Å²) >= 11 is 0. The zero-order valence-corrected chi connectivity index (χ0v) is 22.1. The van der Waals surface area contributed by atoms with E-state index in [-0.39, 0.29) is 37.0 Å². The molecule has 0 spiro atoms. The van der Waals surface area contributed by atoms with Crippen molar-refractivity contribution in [2.24, 2.45) is 0 Å². The van der Waals surface area contributed by atoms with Crippen LogP contribution in [0, 0.1) is 11.6 Å². The van der Waals surface area contributed by atoms with E-state index < -0.39 is 35.7 Å². The molecule has 3 aromatic rings. The normalized spacial score (nSPS) is 17.8. The summed E-state index contributed by atoms with van der Waals surface area (Å²) in [5.41, 5.74) is 2.06. The Morgan fingerprint density at radius 3 is 2.48 bits per heavy atom. The number of rotatable bonds is 9. The smallest absolute Gasteiger partial charge is 0.326 e. The number of carbonyl (C=O) groups is 2. The first-order valence-corrected chi connectivity index (χ1v) is 13.3. The lowest BCUT2D eigenvalue weighted by atomic mass is 9.91. The van der Waals surface area contributed by atoms with Crippen LogP contribution in [0.5, 0.6) is 11.5 Å². The van der Waals surface area contributed by atoms with E-state index in [2.05, 4.69) is 0 Å². The summed E-state index contributed by atoms with van der Waals surface area (Å²) in [7, 11) is 1.45. The van der Waals surface area contributed by atoms with Crippen molar-refractivity contribution < 1.29 is 37.7 Å². The number of halogens is 2. The first-order valence-electron chi connectivity index (χ1n) is 13.3. The molecule has 7 nitrogen and oxygen atoms in total. The van der Waals surface area contributed by atoms with E-state index in [4.69, 9.17) is 14.2 Å². The highest BCUT2D eigenvalue weighted by molar-refractivity contribution is 5.88. The summed E-state index contributed by atoms with van der Waals surface area (Å²) in [5.74, 6) is -2.41. The Morgan fingerprint density at radius 2 is 1.80 bits per heavy atom. The lowest BCUT2D eigenvalue weighted by Gasteiger charge is -2.37. The lowest BCUT2D eigenvalue weighted by Crippen LogP contribution is -2.50. The van der Waals surface area contributed by atoms with Crippen molar-refractivity contribution in [1.29, 1.82) is 0 Å². The van der Waals surface area contributed by atoms with Crippen molar-refractivity contribution in [2.45, 2.75) is 63.5 Å². The topological polar surface area (TPSA) is 85.3 Å². The fraction of sp³-hybridized carbons (Fsp3) is 0.355. The molecule has 9 heteroatoms.